The van der Waals surface area contributed by atoms with Crippen LogP contribution in [0.3, 0.4) is 0 Å². The number of hydrogen-bond acceptors (Lipinski definition) is 4. The van der Waals surface area contributed by atoms with E-state index < -0.39 is 12.0 Å². The van der Waals surface area contributed by atoms with Crippen LogP contribution in [-0.4, -0.2) is 41.8 Å². The zero-order valence-corrected chi connectivity index (χ0v) is 14.8. The molecule has 5 nitrogen and oxygen atoms in total. The molecule has 1 N–H and O–H groups in total. The first-order chi connectivity index (χ1) is 11.1. The van der Waals surface area contributed by atoms with E-state index in [1.54, 1.807) is 6.08 Å². The van der Waals surface area contributed by atoms with Crippen LogP contribution in [0.2, 0.25) is 0 Å². The van der Waals surface area contributed by atoms with Crippen molar-refractivity contribution in [3.63, 3.8) is 0 Å². The summed E-state index contributed by atoms with van der Waals surface area (Å²) in [6, 6.07) is 3.48. The highest BCUT2D eigenvalue weighted by molar-refractivity contribution is 9.10. The topological polar surface area (TPSA) is 59.0 Å². The number of carboxylic acids is 1. The molecule has 0 amide bonds. The molecule has 1 aromatic rings. The van der Waals surface area contributed by atoms with E-state index in [4.69, 9.17) is 9.47 Å². The monoisotopic (exact) mass is 383 g/mol. The fraction of sp³-hybridized carbons (Fsp3) is 0.471. The van der Waals surface area contributed by atoms with Gasteiger partial charge in [0.1, 0.15) is 12.6 Å². The summed E-state index contributed by atoms with van der Waals surface area (Å²) in [5.41, 5.74) is 0.999. The van der Waals surface area contributed by atoms with Gasteiger partial charge in [0.25, 0.3) is 0 Å². The normalized spacial score (nSPS) is 17.9. The third kappa shape index (κ3) is 4.48. The molecule has 1 aromatic carbocycles. The van der Waals surface area contributed by atoms with Crippen LogP contribution in [0.4, 0.5) is 0 Å². The highest BCUT2D eigenvalue weighted by Gasteiger charge is 2.30. The van der Waals surface area contributed by atoms with Crippen molar-refractivity contribution in [2.24, 2.45) is 0 Å². The first kappa shape index (κ1) is 17.8. The minimum Gasteiger partial charge on any atom is -0.490 e. The van der Waals surface area contributed by atoms with Crippen LogP contribution < -0.4 is 9.47 Å². The molecule has 1 aliphatic rings. The molecule has 0 saturated carbocycles. The Morgan fingerprint density at radius 1 is 1.52 bits per heavy atom. The second-order valence-electron chi connectivity index (χ2n) is 5.40. The van der Waals surface area contributed by atoms with Gasteiger partial charge in [0, 0.05) is 6.54 Å². The van der Waals surface area contributed by atoms with Crippen LogP contribution in [0.15, 0.2) is 29.3 Å². The molecule has 1 atom stereocenters. The van der Waals surface area contributed by atoms with Gasteiger partial charge in [0.15, 0.2) is 11.5 Å². The average Bonchev–Trinajstić information content (AvgIpc) is 2.95. The van der Waals surface area contributed by atoms with Crippen molar-refractivity contribution in [3.05, 3.63) is 34.8 Å². The molecular weight excluding hydrogens is 362 g/mol. The maximum absolute atomic E-state index is 11.3. The largest absolute Gasteiger partial charge is 0.490 e. The lowest BCUT2D eigenvalue weighted by atomic mass is 10.1. The van der Waals surface area contributed by atoms with Gasteiger partial charge in [-0.2, -0.15) is 0 Å². The number of nitrogens with zero attached hydrogens (tertiary/aromatic N) is 1. The predicted octanol–water partition coefficient (Wildman–Crippen LogP) is 3.46. The average molecular weight is 384 g/mol. The Labute approximate surface area is 145 Å². The Morgan fingerprint density at radius 3 is 2.96 bits per heavy atom. The SMILES string of the molecule is C=CCOc1c(Br)cc(CN2CCC[C@@H]2C(=O)O)cc1OCC. The molecule has 1 saturated heterocycles. The fourth-order valence-corrected chi connectivity index (χ4v) is 3.39. The number of aliphatic carboxylic acids is 1. The molecule has 0 aliphatic carbocycles. The van der Waals surface area contributed by atoms with Crippen molar-refractivity contribution < 1.29 is 19.4 Å². The molecule has 0 bridgehead atoms. The van der Waals surface area contributed by atoms with E-state index in [-0.39, 0.29) is 0 Å². The summed E-state index contributed by atoms with van der Waals surface area (Å²) < 4.78 is 12.1. The summed E-state index contributed by atoms with van der Waals surface area (Å²) >= 11 is 3.52. The number of ether oxygens (including phenoxy) is 2. The summed E-state index contributed by atoms with van der Waals surface area (Å²) in [5, 5.41) is 9.29. The van der Waals surface area contributed by atoms with E-state index in [9.17, 15) is 9.90 Å². The number of carbonyl (C=O) groups is 1. The van der Waals surface area contributed by atoms with Crippen molar-refractivity contribution in [1.29, 1.82) is 0 Å². The summed E-state index contributed by atoms with van der Waals surface area (Å²) in [5.74, 6) is 0.550. The highest BCUT2D eigenvalue weighted by Crippen LogP contribution is 2.37. The standard InChI is InChI=1S/C17H22BrNO4/c1-3-8-23-16-13(18)9-12(10-15(16)22-4-2)11-19-7-5-6-14(19)17(20)21/h3,9-10,14H,1,4-8,11H2,2H3,(H,20,21)/t14-/m1/s1. The van der Waals surface area contributed by atoms with Gasteiger partial charge < -0.3 is 14.6 Å². The summed E-state index contributed by atoms with van der Waals surface area (Å²) in [7, 11) is 0. The Morgan fingerprint density at radius 2 is 2.30 bits per heavy atom. The smallest absolute Gasteiger partial charge is 0.320 e. The Balaban J connectivity index is 2.22. The van der Waals surface area contributed by atoms with Crippen LogP contribution >= 0.6 is 15.9 Å². The minimum atomic E-state index is -0.752. The highest BCUT2D eigenvalue weighted by atomic mass is 79.9. The molecule has 2 rings (SSSR count). The van der Waals surface area contributed by atoms with E-state index in [2.05, 4.69) is 22.5 Å². The molecule has 0 spiro atoms. The Kier molecular flexibility index (Phi) is 6.47. The molecule has 126 valence electrons. The maximum Gasteiger partial charge on any atom is 0.320 e. The third-order valence-corrected chi connectivity index (χ3v) is 4.34. The van der Waals surface area contributed by atoms with E-state index in [1.807, 2.05) is 24.0 Å². The first-order valence-corrected chi connectivity index (χ1v) is 8.51. The Hall–Kier alpha value is -1.53. The van der Waals surface area contributed by atoms with E-state index >= 15 is 0 Å². The van der Waals surface area contributed by atoms with E-state index in [0.29, 0.717) is 37.7 Å². The number of rotatable bonds is 8. The van der Waals surface area contributed by atoms with Crippen molar-refractivity contribution in [1.82, 2.24) is 4.90 Å². The number of benzene rings is 1. The molecule has 1 heterocycles. The van der Waals surface area contributed by atoms with Gasteiger partial charge in [-0.05, 0) is 59.9 Å². The van der Waals surface area contributed by atoms with Gasteiger partial charge in [-0.25, -0.2) is 0 Å². The molecular formula is C17H22BrNO4. The summed E-state index contributed by atoms with van der Waals surface area (Å²) in [4.78, 5) is 13.3. The second kappa shape index (κ2) is 8.36. The molecule has 0 radical (unpaired) electrons. The first-order valence-electron chi connectivity index (χ1n) is 7.72. The number of hydrogen-bond donors (Lipinski definition) is 1. The lowest BCUT2D eigenvalue weighted by Gasteiger charge is -2.22. The van der Waals surface area contributed by atoms with Crippen LogP contribution in [0, 0.1) is 0 Å². The van der Waals surface area contributed by atoms with Crippen molar-refractivity contribution in [2.45, 2.75) is 32.4 Å². The molecule has 0 unspecified atom stereocenters. The van der Waals surface area contributed by atoms with Crippen LogP contribution in [0.25, 0.3) is 0 Å². The quantitative estimate of drug-likeness (QED) is 0.696. The van der Waals surface area contributed by atoms with Gasteiger partial charge >= 0.3 is 5.97 Å². The van der Waals surface area contributed by atoms with Crippen LogP contribution in [0.5, 0.6) is 11.5 Å². The van der Waals surface area contributed by atoms with Crippen LogP contribution in [0.1, 0.15) is 25.3 Å². The predicted molar refractivity (Wildman–Crippen MR) is 92.1 cm³/mol. The maximum atomic E-state index is 11.3. The van der Waals surface area contributed by atoms with Gasteiger partial charge in [-0.3, -0.25) is 9.69 Å². The van der Waals surface area contributed by atoms with E-state index in [1.165, 1.54) is 0 Å². The van der Waals surface area contributed by atoms with Gasteiger partial charge in [0.05, 0.1) is 11.1 Å². The van der Waals surface area contributed by atoms with Crippen molar-refractivity contribution >= 4 is 21.9 Å². The Bertz CT molecular complexity index is 576. The molecule has 0 aromatic heterocycles. The van der Waals surface area contributed by atoms with E-state index in [0.717, 1.165) is 23.0 Å². The molecule has 1 fully saturated rings. The van der Waals surface area contributed by atoms with Gasteiger partial charge in [-0.1, -0.05) is 12.7 Å². The lowest BCUT2D eigenvalue weighted by molar-refractivity contribution is -0.142. The number of likely N-dealkylation sites (tertiary alicyclic amines) is 1. The summed E-state index contributed by atoms with van der Waals surface area (Å²) in [6.45, 7) is 7.87. The third-order valence-electron chi connectivity index (χ3n) is 3.75. The van der Waals surface area contributed by atoms with Crippen molar-refractivity contribution in [2.75, 3.05) is 19.8 Å². The lowest BCUT2D eigenvalue weighted by Crippen LogP contribution is -2.35. The fourth-order valence-electron chi connectivity index (χ4n) is 2.79. The second-order valence-corrected chi connectivity index (χ2v) is 6.26. The number of carboxylic acid groups (broad SMARTS) is 1. The molecule has 23 heavy (non-hydrogen) atoms. The minimum absolute atomic E-state index is 0.394. The molecule has 6 heteroatoms. The zero-order valence-electron chi connectivity index (χ0n) is 13.3. The number of halogens is 1. The molecule has 1 aliphatic heterocycles. The zero-order chi connectivity index (χ0) is 16.8. The van der Waals surface area contributed by atoms with Gasteiger partial charge in [-0.15, -0.1) is 0 Å². The van der Waals surface area contributed by atoms with Crippen LogP contribution in [-0.2, 0) is 11.3 Å². The summed E-state index contributed by atoms with van der Waals surface area (Å²) in [6.07, 6.45) is 3.30. The van der Waals surface area contributed by atoms with Crippen molar-refractivity contribution in [3.8, 4) is 11.5 Å². The van der Waals surface area contributed by atoms with Gasteiger partial charge in [0.2, 0.25) is 0 Å².